The third-order valence-electron chi connectivity index (χ3n) is 6.00. The highest BCUT2D eigenvalue weighted by Crippen LogP contribution is 2.23. The number of nitrogens with zero attached hydrogens (tertiary/aromatic N) is 3. The first kappa shape index (κ1) is 24.6. The maximum absolute atomic E-state index is 13.5. The molecule has 7 heteroatoms. The van der Waals surface area contributed by atoms with Crippen molar-refractivity contribution in [2.75, 3.05) is 20.2 Å². The van der Waals surface area contributed by atoms with E-state index in [9.17, 15) is 9.59 Å². The molecule has 2 amide bonds. The second kappa shape index (κ2) is 11.7. The van der Waals surface area contributed by atoms with E-state index in [1.54, 1.807) is 41.2 Å². The van der Waals surface area contributed by atoms with Gasteiger partial charge < -0.3 is 19.3 Å². The smallest absolute Gasteiger partial charge is 0.410 e. The summed E-state index contributed by atoms with van der Waals surface area (Å²) in [5, 5.41) is 9.08. The predicted octanol–water partition coefficient (Wildman–Crippen LogP) is 5.14. The van der Waals surface area contributed by atoms with Crippen molar-refractivity contribution in [2.45, 2.75) is 19.6 Å². The van der Waals surface area contributed by atoms with Crippen LogP contribution in [0.5, 0.6) is 5.75 Å². The Labute approximate surface area is 210 Å². The number of methoxy groups -OCH3 is 1. The summed E-state index contributed by atoms with van der Waals surface area (Å²) in [7, 11) is 1.61. The van der Waals surface area contributed by atoms with Crippen molar-refractivity contribution in [1.29, 1.82) is 5.26 Å². The van der Waals surface area contributed by atoms with Gasteiger partial charge in [-0.3, -0.25) is 4.79 Å². The van der Waals surface area contributed by atoms with Crippen LogP contribution in [-0.2, 0) is 17.9 Å². The first-order valence-corrected chi connectivity index (χ1v) is 11.7. The lowest BCUT2D eigenvalue weighted by Gasteiger charge is -2.32. The van der Waals surface area contributed by atoms with Crippen LogP contribution in [0.3, 0.4) is 0 Å². The minimum Gasteiger partial charge on any atom is -0.497 e. The molecule has 0 aromatic heterocycles. The van der Waals surface area contributed by atoms with Gasteiger partial charge in [-0.05, 0) is 53.6 Å². The molecule has 4 rings (SSSR count). The van der Waals surface area contributed by atoms with Crippen molar-refractivity contribution in [3.05, 3.63) is 113 Å². The quantitative estimate of drug-likeness (QED) is 0.467. The van der Waals surface area contributed by atoms with Gasteiger partial charge in [0.25, 0.3) is 5.91 Å². The average Bonchev–Trinajstić information content (AvgIpc) is 2.95. The minimum atomic E-state index is -0.380. The van der Waals surface area contributed by atoms with Crippen molar-refractivity contribution in [3.8, 4) is 11.8 Å². The van der Waals surface area contributed by atoms with Crippen LogP contribution in [0.25, 0.3) is 0 Å². The summed E-state index contributed by atoms with van der Waals surface area (Å²) >= 11 is 0. The van der Waals surface area contributed by atoms with Crippen LogP contribution < -0.4 is 4.74 Å². The SMILES string of the molecule is COc1ccc(CN(C(=O)c2ccc(C#N)cc2)C2=CCN(C(=O)OCc3ccccc3)CC2)cc1. The molecule has 0 saturated carbocycles. The number of hydrogen-bond donors (Lipinski definition) is 0. The molecule has 0 bridgehead atoms. The normalized spacial score (nSPS) is 12.8. The van der Waals surface area contributed by atoms with Gasteiger partial charge in [0.05, 0.1) is 25.3 Å². The average molecular weight is 482 g/mol. The van der Waals surface area contributed by atoms with Crippen molar-refractivity contribution < 1.29 is 19.1 Å². The first-order valence-electron chi connectivity index (χ1n) is 11.7. The second-order valence-electron chi connectivity index (χ2n) is 8.36. The summed E-state index contributed by atoms with van der Waals surface area (Å²) in [6.07, 6.45) is 2.03. The fourth-order valence-corrected chi connectivity index (χ4v) is 3.94. The van der Waals surface area contributed by atoms with Gasteiger partial charge in [0.15, 0.2) is 0 Å². The number of amides is 2. The second-order valence-corrected chi connectivity index (χ2v) is 8.36. The summed E-state index contributed by atoms with van der Waals surface area (Å²) in [5.74, 6) is 0.576. The largest absolute Gasteiger partial charge is 0.497 e. The molecule has 0 atom stereocenters. The Morgan fingerprint density at radius 1 is 0.972 bits per heavy atom. The number of ether oxygens (including phenoxy) is 2. The van der Waals surface area contributed by atoms with E-state index in [2.05, 4.69) is 6.07 Å². The third-order valence-corrected chi connectivity index (χ3v) is 6.00. The summed E-state index contributed by atoms with van der Waals surface area (Å²) in [5.41, 5.74) is 3.70. The Balaban J connectivity index is 1.49. The summed E-state index contributed by atoms with van der Waals surface area (Å²) in [6.45, 7) is 1.38. The topological polar surface area (TPSA) is 82.9 Å². The van der Waals surface area contributed by atoms with Crippen LogP contribution in [0.2, 0.25) is 0 Å². The van der Waals surface area contributed by atoms with Gasteiger partial charge in [-0.1, -0.05) is 42.5 Å². The highest BCUT2D eigenvalue weighted by atomic mass is 16.6. The molecule has 0 spiro atoms. The third kappa shape index (κ3) is 6.10. The highest BCUT2D eigenvalue weighted by Gasteiger charge is 2.25. The maximum atomic E-state index is 13.5. The van der Waals surface area contributed by atoms with Crippen LogP contribution in [0.1, 0.15) is 33.5 Å². The van der Waals surface area contributed by atoms with Gasteiger partial charge in [0.1, 0.15) is 12.4 Å². The molecule has 0 aliphatic carbocycles. The standard InChI is InChI=1S/C29H27N3O4/c1-35-27-13-9-23(10-14-27)20-32(28(33)25-11-7-22(19-30)8-12-25)26-15-17-31(18-16-26)29(34)36-21-24-5-3-2-4-6-24/h2-15H,16-18,20-21H2,1H3. The first-order chi connectivity index (χ1) is 17.6. The van der Waals surface area contributed by atoms with E-state index in [-0.39, 0.29) is 18.6 Å². The lowest BCUT2D eigenvalue weighted by atomic mass is 10.1. The Bertz CT molecular complexity index is 1260. The zero-order chi connectivity index (χ0) is 25.3. The molecule has 1 heterocycles. The van der Waals surface area contributed by atoms with Gasteiger partial charge in [-0.2, -0.15) is 5.26 Å². The maximum Gasteiger partial charge on any atom is 0.410 e. The summed E-state index contributed by atoms with van der Waals surface area (Å²) in [6, 6.07) is 25.8. The molecular formula is C29H27N3O4. The van der Waals surface area contributed by atoms with E-state index < -0.39 is 0 Å². The molecule has 0 fully saturated rings. The van der Waals surface area contributed by atoms with Crippen molar-refractivity contribution in [2.24, 2.45) is 0 Å². The minimum absolute atomic E-state index is 0.165. The lowest BCUT2D eigenvalue weighted by molar-refractivity contribution is 0.0773. The van der Waals surface area contributed by atoms with E-state index in [0.717, 1.165) is 22.6 Å². The number of nitriles is 1. The molecule has 36 heavy (non-hydrogen) atoms. The molecule has 1 aliphatic rings. The zero-order valence-corrected chi connectivity index (χ0v) is 20.1. The summed E-state index contributed by atoms with van der Waals surface area (Å²) < 4.78 is 10.7. The Morgan fingerprint density at radius 3 is 2.31 bits per heavy atom. The van der Waals surface area contributed by atoms with E-state index in [1.807, 2.05) is 60.7 Å². The van der Waals surface area contributed by atoms with E-state index in [0.29, 0.717) is 37.2 Å². The Morgan fingerprint density at radius 2 is 1.69 bits per heavy atom. The van der Waals surface area contributed by atoms with Crippen LogP contribution in [0.15, 0.2) is 90.6 Å². The number of hydrogen-bond acceptors (Lipinski definition) is 5. The van der Waals surface area contributed by atoms with Crippen molar-refractivity contribution in [3.63, 3.8) is 0 Å². The zero-order valence-electron chi connectivity index (χ0n) is 20.1. The number of rotatable bonds is 7. The molecule has 3 aromatic carbocycles. The van der Waals surface area contributed by atoms with E-state index in [1.165, 1.54) is 0 Å². The monoisotopic (exact) mass is 481 g/mol. The fraction of sp³-hybridized carbons (Fsp3) is 0.207. The Hall–Kier alpha value is -4.57. The number of benzene rings is 3. The molecular weight excluding hydrogens is 454 g/mol. The fourth-order valence-electron chi connectivity index (χ4n) is 3.94. The van der Waals surface area contributed by atoms with Gasteiger partial charge in [0.2, 0.25) is 0 Å². The van der Waals surface area contributed by atoms with Crippen LogP contribution in [0.4, 0.5) is 4.79 Å². The molecule has 0 N–H and O–H groups in total. The molecule has 7 nitrogen and oxygen atoms in total. The molecule has 1 aliphatic heterocycles. The van der Waals surface area contributed by atoms with Gasteiger partial charge in [-0.15, -0.1) is 0 Å². The van der Waals surface area contributed by atoms with Crippen molar-refractivity contribution >= 4 is 12.0 Å². The number of carbonyl (C=O) groups is 2. The van der Waals surface area contributed by atoms with Crippen molar-refractivity contribution in [1.82, 2.24) is 9.80 Å². The molecule has 182 valence electrons. The summed E-state index contributed by atoms with van der Waals surface area (Å²) in [4.78, 5) is 29.5. The van der Waals surface area contributed by atoms with Crippen LogP contribution in [0, 0.1) is 11.3 Å². The van der Waals surface area contributed by atoms with Crippen LogP contribution >= 0.6 is 0 Å². The highest BCUT2D eigenvalue weighted by molar-refractivity contribution is 5.95. The van der Waals surface area contributed by atoms with Gasteiger partial charge >= 0.3 is 6.09 Å². The van der Waals surface area contributed by atoms with Gasteiger partial charge in [0, 0.05) is 30.8 Å². The molecule has 0 unspecified atom stereocenters. The van der Waals surface area contributed by atoms with E-state index >= 15 is 0 Å². The predicted molar refractivity (Wildman–Crippen MR) is 135 cm³/mol. The molecule has 0 saturated heterocycles. The lowest BCUT2D eigenvalue weighted by Crippen LogP contribution is -2.39. The number of carbonyl (C=O) groups excluding carboxylic acids is 2. The molecule has 0 radical (unpaired) electrons. The van der Waals surface area contributed by atoms with E-state index in [4.69, 9.17) is 14.7 Å². The van der Waals surface area contributed by atoms with Gasteiger partial charge in [-0.25, -0.2) is 4.79 Å². The Kier molecular flexibility index (Phi) is 7.99. The van der Waals surface area contributed by atoms with Crippen LogP contribution in [-0.4, -0.2) is 42.0 Å². The molecule has 3 aromatic rings.